The summed E-state index contributed by atoms with van der Waals surface area (Å²) in [4.78, 5) is 16.3. The van der Waals surface area contributed by atoms with E-state index in [2.05, 4.69) is 20.5 Å². The number of rotatable bonds is 5. The Bertz CT molecular complexity index is 615. The van der Waals surface area contributed by atoms with Crippen LogP contribution < -0.4 is 5.32 Å². The zero-order chi connectivity index (χ0) is 15.4. The van der Waals surface area contributed by atoms with Crippen molar-refractivity contribution in [3.8, 4) is 0 Å². The van der Waals surface area contributed by atoms with Crippen molar-refractivity contribution in [3.63, 3.8) is 0 Å². The van der Waals surface area contributed by atoms with Crippen LogP contribution in [-0.4, -0.2) is 38.3 Å². The maximum atomic E-state index is 12.3. The number of amides is 1. The zero-order valence-electron chi connectivity index (χ0n) is 12.1. The van der Waals surface area contributed by atoms with Crippen LogP contribution in [0.15, 0.2) is 43.0 Å². The first kappa shape index (κ1) is 14.6. The highest BCUT2D eigenvalue weighted by molar-refractivity contribution is 5.93. The van der Waals surface area contributed by atoms with Crippen LogP contribution in [-0.2, 0) is 6.42 Å². The summed E-state index contributed by atoms with van der Waals surface area (Å²) in [6.07, 6.45) is 8.38. The Kier molecular flexibility index (Phi) is 4.39. The maximum Gasteiger partial charge on any atom is 0.253 e. The quantitative estimate of drug-likeness (QED) is 0.859. The van der Waals surface area contributed by atoms with Gasteiger partial charge in [-0.05, 0) is 48.9 Å². The van der Waals surface area contributed by atoms with Crippen molar-refractivity contribution in [1.82, 2.24) is 20.5 Å². The molecule has 1 fully saturated rings. The minimum Gasteiger partial charge on any atom is -0.393 e. The molecule has 1 atom stereocenters. The van der Waals surface area contributed by atoms with Gasteiger partial charge in [0.2, 0.25) is 0 Å². The van der Waals surface area contributed by atoms with E-state index in [9.17, 15) is 9.90 Å². The summed E-state index contributed by atoms with van der Waals surface area (Å²) in [6.45, 7) is 0. The van der Waals surface area contributed by atoms with Crippen molar-refractivity contribution in [2.75, 3.05) is 0 Å². The second-order valence-electron chi connectivity index (χ2n) is 5.66. The lowest BCUT2D eigenvalue weighted by molar-refractivity contribution is 0.0239. The van der Waals surface area contributed by atoms with Crippen LogP contribution in [0.1, 0.15) is 28.8 Å². The Labute approximate surface area is 128 Å². The summed E-state index contributed by atoms with van der Waals surface area (Å²) < 4.78 is 0. The number of nitrogens with zero attached hydrogens (tertiary/aromatic N) is 3. The van der Waals surface area contributed by atoms with E-state index in [1.807, 2.05) is 12.1 Å². The molecule has 1 saturated carbocycles. The van der Waals surface area contributed by atoms with Crippen molar-refractivity contribution in [2.45, 2.75) is 31.4 Å². The summed E-state index contributed by atoms with van der Waals surface area (Å²) >= 11 is 0. The Balaban J connectivity index is 1.70. The molecule has 0 aliphatic heterocycles. The van der Waals surface area contributed by atoms with Crippen LogP contribution in [0.3, 0.4) is 0 Å². The van der Waals surface area contributed by atoms with Crippen LogP contribution >= 0.6 is 0 Å². The first-order valence-electron chi connectivity index (χ1n) is 7.37. The van der Waals surface area contributed by atoms with E-state index in [0.29, 0.717) is 11.5 Å². The molecule has 2 aromatic rings. The highest BCUT2D eigenvalue weighted by atomic mass is 16.3. The van der Waals surface area contributed by atoms with E-state index in [-0.39, 0.29) is 18.1 Å². The molecule has 0 radical (unpaired) electrons. The number of aliphatic hydroxyl groups is 1. The van der Waals surface area contributed by atoms with E-state index in [1.54, 1.807) is 18.5 Å². The normalized spacial score (nSPS) is 21.7. The largest absolute Gasteiger partial charge is 0.393 e. The topological polar surface area (TPSA) is 88.0 Å². The number of pyridine rings is 1. The molecule has 2 heterocycles. The molecule has 22 heavy (non-hydrogen) atoms. The average Bonchev–Trinajstić information content (AvgIpc) is 2.53. The molecule has 1 unspecified atom stereocenters. The van der Waals surface area contributed by atoms with Crippen LogP contribution in [0.4, 0.5) is 0 Å². The molecule has 3 rings (SSSR count). The first-order valence-corrected chi connectivity index (χ1v) is 7.37. The van der Waals surface area contributed by atoms with Gasteiger partial charge >= 0.3 is 0 Å². The van der Waals surface area contributed by atoms with E-state index < -0.39 is 0 Å². The monoisotopic (exact) mass is 298 g/mol. The number of carbonyl (C=O) groups is 1. The van der Waals surface area contributed by atoms with Crippen molar-refractivity contribution < 1.29 is 9.90 Å². The first-order chi connectivity index (χ1) is 10.7. The fourth-order valence-electron chi connectivity index (χ4n) is 2.74. The number of hydrogen-bond donors (Lipinski definition) is 2. The molecule has 0 bridgehead atoms. The van der Waals surface area contributed by atoms with Gasteiger partial charge in [0, 0.05) is 18.4 Å². The van der Waals surface area contributed by atoms with Crippen molar-refractivity contribution >= 4 is 5.91 Å². The van der Waals surface area contributed by atoms with Crippen molar-refractivity contribution in [2.24, 2.45) is 5.92 Å². The lowest BCUT2D eigenvalue weighted by Crippen LogP contribution is -2.48. The van der Waals surface area contributed by atoms with Crippen LogP contribution in [0, 0.1) is 5.92 Å². The Morgan fingerprint density at radius 2 is 2.00 bits per heavy atom. The molecule has 2 N–H and O–H groups in total. The molecule has 0 aromatic carbocycles. The minimum atomic E-state index is -0.246. The lowest BCUT2D eigenvalue weighted by Gasteiger charge is -2.38. The number of aromatic nitrogens is 3. The van der Waals surface area contributed by atoms with Crippen LogP contribution in [0.25, 0.3) is 0 Å². The van der Waals surface area contributed by atoms with Gasteiger partial charge < -0.3 is 10.4 Å². The van der Waals surface area contributed by atoms with Gasteiger partial charge in [-0.25, -0.2) is 0 Å². The molecular weight excluding hydrogens is 280 g/mol. The van der Waals surface area contributed by atoms with Crippen molar-refractivity contribution in [3.05, 3.63) is 54.1 Å². The van der Waals surface area contributed by atoms with Crippen LogP contribution in [0.5, 0.6) is 0 Å². The molecule has 114 valence electrons. The number of hydrogen-bond acceptors (Lipinski definition) is 5. The molecule has 6 nitrogen and oxygen atoms in total. The van der Waals surface area contributed by atoms with Gasteiger partial charge in [-0.15, -0.1) is 0 Å². The predicted octanol–water partition coefficient (Wildman–Crippen LogP) is 0.984. The molecule has 2 aromatic heterocycles. The molecule has 0 spiro atoms. The Hall–Kier alpha value is -2.34. The third-order valence-corrected chi connectivity index (χ3v) is 4.09. The molecule has 6 heteroatoms. The summed E-state index contributed by atoms with van der Waals surface area (Å²) in [5.41, 5.74) is 1.61. The maximum absolute atomic E-state index is 12.3. The zero-order valence-corrected chi connectivity index (χ0v) is 12.1. The Morgan fingerprint density at radius 1 is 1.23 bits per heavy atom. The highest BCUT2D eigenvalue weighted by Crippen LogP contribution is 2.31. The SMILES string of the molecule is O=C(NC(Cc1ccncc1)C1CC(O)C1)c1ccnnc1. The van der Waals surface area contributed by atoms with Gasteiger partial charge in [-0.3, -0.25) is 9.78 Å². The van der Waals surface area contributed by atoms with Gasteiger partial charge in [0.05, 0.1) is 24.1 Å². The summed E-state index contributed by atoms with van der Waals surface area (Å²) in [5.74, 6) is 0.136. The molecule has 0 saturated heterocycles. The summed E-state index contributed by atoms with van der Waals surface area (Å²) in [5, 5.41) is 20.0. The number of carbonyl (C=O) groups excluding carboxylic acids is 1. The van der Waals surface area contributed by atoms with E-state index in [4.69, 9.17) is 0 Å². The minimum absolute atomic E-state index is 0.00790. The second-order valence-corrected chi connectivity index (χ2v) is 5.66. The predicted molar refractivity (Wildman–Crippen MR) is 80.0 cm³/mol. The Morgan fingerprint density at radius 3 is 2.64 bits per heavy atom. The van der Waals surface area contributed by atoms with E-state index in [0.717, 1.165) is 24.8 Å². The fourth-order valence-corrected chi connectivity index (χ4v) is 2.74. The third-order valence-electron chi connectivity index (χ3n) is 4.09. The molecule has 1 aliphatic rings. The average molecular weight is 298 g/mol. The fraction of sp³-hybridized carbons (Fsp3) is 0.375. The smallest absolute Gasteiger partial charge is 0.253 e. The summed E-state index contributed by atoms with van der Waals surface area (Å²) in [6, 6.07) is 5.53. The molecule has 1 aliphatic carbocycles. The molecule has 1 amide bonds. The van der Waals surface area contributed by atoms with Gasteiger partial charge in [0.15, 0.2) is 0 Å². The third kappa shape index (κ3) is 3.46. The number of aliphatic hydroxyl groups excluding tert-OH is 1. The standard InChI is InChI=1S/C16H18N4O2/c21-14-8-13(9-14)15(7-11-1-4-17-5-2-11)20-16(22)12-3-6-18-19-10-12/h1-6,10,13-15,21H,7-9H2,(H,20,22). The van der Waals surface area contributed by atoms with Gasteiger partial charge in [-0.2, -0.15) is 10.2 Å². The number of nitrogens with one attached hydrogen (secondary N) is 1. The van der Waals surface area contributed by atoms with Gasteiger partial charge in [-0.1, -0.05) is 0 Å². The second kappa shape index (κ2) is 6.62. The van der Waals surface area contributed by atoms with Gasteiger partial charge in [0.25, 0.3) is 5.91 Å². The van der Waals surface area contributed by atoms with Crippen molar-refractivity contribution in [1.29, 1.82) is 0 Å². The van der Waals surface area contributed by atoms with E-state index >= 15 is 0 Å². The van der Waals surface area contributed by atoms with E-state index in [1.165, 1.54) is 12.4 Å². The van der Waals surface area contributed by atoms with Gasteiger partial charge in [0.1, 0.15) is 0 Å². The van der Waals surface area contributed by atoms with Crippen LogP contribution in [0.2, 0.25) is 0 Å². The lowest BCUT2D eigenvalue weighted by atomic mass is 9.75. The summed E-state index contributed by atoms with van der Waals surface area (Å²) in [7, 11) is 0. The highest BCUT2D eigenvalue weighted by Gasteiger charge is 2.34. The molecular formula is C16H18N4O2.